The first-order valence-corrected chi connectivity index (χ1v) is 17.4. The van der Waals surface area contributed by atoms with Crippen LogP contribution in [0.15, 0.2) is 35.4 Å². The number of piperidine rings is 1. The van der Waals surface area contributed by atoms with Gasteiger partial charge in [-0.2, -0.15) is 11.8 Å². The van der Waals surface area contributed by atoms with E-state index < -0.39 is 17.3 Å². The van der Waals surface area contributed by atoms with Gasteiger partial charge in [0, 0.05) is 49.7 Å². The third-order valence-electron chi connectivity index (χ3n) is 9.06. The molecule has 0 radical (unpaired) electrons. The van der Waals surface area contributed by atoms with Gasteiger partial charge in [-0.3, -0.25) is 9.36 Å². The third-order valence-corrected chi connectivity index (χ3v) is 10.0. The minimum absolute atomic E-state index is 0.0187. The number of alkyl halides is 2. The molecular formula is C33H45F3N6OS. The molecule has 7 nitrogen and oxygen atoms in total. The number of nitrogens with zero attached hydrogens (tertiary/aromatic N) is 5. The first-order chi connectivity index (χ1) is 21.4. The standard InChI is InChI=1S/C31H39F3N6OS.C2H6/c32-27-23-5-4-6-25(27)31(33,34)10-7-22-8-13-38(14-9-22)11-2-1-3-12-40-29-24(28(35-20-23)36-21-37-29)19-26(30(40)41)39-15-17-42-18-16-39;1-2/h4-6,19,21-22H,1-3,7-18,20H2,(H,35,36,37);1-2H3. The number of rotatable bonds is 1. The summed E-state index contributed by atoms with van der Waals surface area (Å²) in [5.74, 6) is -1.53. The maximum atomic E-state index is 15.6. The number of fused-ring (bicyclic) bond motifs is 9. The molecule has 6 heterocycles. The fourth-order valence-corrected chi connectivity index (χ4v) is 7.43. The van der Waals surface area contributed by atoms with Crippen LogP contribution in [0.5, 0.6) is 0 Å². The van der Waals surface area contributed by atoms with Crippen molar-refractivity contribution >= 4 is 34.3 Å². The van der Waals surface area contributed by atoms with Gasteiger partial charge in [-0.25, -0.2) is 23.1 Å². The van der Waals surface area contributed by atoms with Crippen LogP contribution in [0, 0.1) is 11.7 Å². The van der Waals surface area contributed by atoms with Gasteiger partial charge in [0.25, 0.3) is 11.5 Å². The van der Waals surface area contributed by atoms with E-state index in [4.69, 9.17) is 0 Å². The SMILES string of the molecule is CC.O=c1c(N2CCSCC2)cc2c3ncnc2n1CCCCCN1CCC(CC1)CCC(F)(F)c1cccc(c1F)CN3. The van der Waals surface area contributed by atoms with Gasteiger partial charge in [0.2, 0.25) is 0 Å². The summed E-state index contributed by atoms with van der Waals surface area (Å²) in [6.07, 6.45) is 6.09. The number of aryl methyl sites for hydroxylation is 1. The van der Waals surface area contributed by atoms with Crippen molar-refractivity contribution in [1.29, 1.82) is 0 Å². The summed E-state index contributed by atoms with van der Waals surface area (Å²) < 4.78 is 48.0. The molecule has 0 unspecified atom stereocenters. The van der Waals surface area contributed by atoms with Crippen LogP contribution in [0.2, 0.25) is 0 Å². The highest BCUT2D eigenvalue weighted by Crippen LogP contribution is 2.38. The van der Waals surface area contributed by atoms with Crippen LogP contribution in [-0.4, -0.2) is 63.7 Å². The zero-order chi connectivity index (χ0) is 31.1. The second-order valence-corrected chi connectivity index (χ2v) is 13.0. The van der Waals surface area contributed by atoms with Crippen LogP contribution in [-0.2, 0) is 19.0 Å². The molecular weight excluding hydrogens is 585 g/mol. The van der Waals surface area contributed by atoms with E-state index in [-0.39, 0.29) is 30.0 Å². The van der Waals surface area contributed by atoms with Gasteiger partial charge in [-0.05, 0) is 63.7 Å². The molecule has 2 saturated heterocycles. The number of benzene rings is 1. The summed E-state index contributed by atoms with van der Waals surface area (Å²) in [5.41, 5.74) is 0.702. The van der Waals surface area contributed by atoms with E-state index in [1.54, 1.807) is 4.57 Å². The summed E-state index contributed by atoms with van der Waals surface area (Å²) in [4.78, 5) is 27.3. The average molecular weight is 631 g/mol. The van der Waals surface area contributed by atoms with E-state index >= 15 is 13.2 Å². The minimum atomic E-state index is -3.24. The zero-order valence-electron chi connectivity index (χ0n) is 26.0. The van der Waals surface area contributed by atoms with E-state index in [0.29, 0.717) is 35.5 Å². The molecule has 8 bridgehead atoms. The van der Waals surface area contributed by atoms with Gasteiger partial charge in [0.1, 0.15) is 29.3 Å². The van der Waals surface area contributed by atoms with Crippen LogP contribution in [0.4, 0.5) is 24.7 Å². The van der Waals surface area contributed by atoms with E-state index in [1.165, 1.54) is 24.5 Å². The predicted octanol–water partition coefficient (Wildman–Crippen LogP) is 6.89. The summed E-state index contributed by atoms with van der Waals surface area (Å²) in [6, 6.07) is 6.08. The molecule has 4 aliphatic rings. The first-order valence-electron chi connectivity index (χ1n) is 16.2. The molecule has 2 aromatic heterocycles. The molecule has 0 saturated carbocycles. The number of pyridine rings is 1. The number of hydrogen-bond donors (Lipinski definition) is 1. The van der Waals surface area contributed by atoms with E-state index in [2.05, 4.69) is 25.1 Å². The molecule has 240 valence electrons. The number of hydrogen-bond acceptors (Lipinski definition) is 7. The third kappa shape index (κ3) is 7.36. The number of anilines is 2. The van der Waals surface area contributed by atoms with E-state index in [0.717, 1.165) is 76.3 Å². The number of aromatic nitrogens is 3. The first kappa shape index (κ1) is 32.6. The molecule has 7 rings (SSSR count). The van der Waals surface area contributed by atoms with Crippen molar-refractivity contribution < 1.29 is 13.2 Å². The van der Waals surface area contributed by atoms with Crippen molar-refractivity contribution in [2.45, 2.75) is 77.8 Å². The van der Waals surface area contributed by atoms with Crippen LogP contribution >= 0.6 is 11.8 Å². The lowest BCUT2D eigenvalue weighted by atomic mass is 9.89. The molecule has 0 amide bonds. The smallest absolute Gasteiger partial charge is 0.276 e. The summed E-state index contributed by atoms with van der Waals surface area (Å²) in [6.45, 7) is 8.89. The van der Waals surface area contributed by atoms with Gasteiger partial charge in [0.15, 0.2) is 0 Å². The van der Waals surface area contributed by atoms with Crippen LogP contribution in [0.1, 0.15) is 69.9 Å². The maximum Gasteiger partial charge on any atom is 0.276 e. The van der Waals surface area contributed by atoms with Gasteiger partial charge in [-0.1, -0.05) is 38.5 Å². The van der Waals surface area contributed by atoms with Gasteiger partial charge in [0.05, 0.1) is 10.9 Å². The van der Waals surface area contributed by atoms with Crippen molar-refractivity contribution in [2.75, 3.05) is 54.4 Å². The molecule has 0 spiro atoms. The Hall–Kier alpha value is -2.79. The monoisotopic (exact) mass is 630 g/mol. The molecule has 2 fully saturated rings. The minimum Gasteiger partial charge on any atom is -0.365 e. The molecule has 0 aliphatic carbocycles. The van der Waals surface area contributed by atoms with Crippen molar-refractivity contribution in [2.24, 2.45) is 5.92 Å². The van der Waals surface area contributed by atoms with Crippen molar-refractivity contribution in [1.82, 2.24) is 19.4 Å². The van der Waals surface area contributed by atoms with Gasteiger partial charge in [-0.15, -0.1) is 0 Å². The molecule has 1 N–H and O–H groups in total. The quantitative estimate of drug-likeness (QED) is 0.314. The van der Waals surface area contributed by atoms with Gasteiger partial charge < -0.3 is 15.1 Å². The fraction of sp³-hybridized carbons (Fsp3) is 0.606. The zero-order valence-corrected chi connectivity index (χ0v) is 26.8. The molecule has 44 heavy (non-hydrogen) atoms. The maximum absolute atomic E-state index is 15.6. The second-order valence-electron chi connectivity index (χ2n) is 11.8. The lowest BCUT2D eigenvalue weighted by molar-refractivity contribution is -0.0249. The van der Waals surface area contributed by atoms with Crippen molar-refractivity contribution in [3.8, 4) is 0 Å². The molecule has 3 aromatic rings. The van der Waals surface area contributed by atoms with Crippen LogP contribution in [0.25, 0.3) is 11.0 Å². The largest absolute Gasteiger partial charge is 0.365 e. The Morgan fingerprint density at radius 1 is 0.955 bits per heavy atom. The lowest BCUT2D eigenvalue weighted by Gasteiger charge is -2.32. The highest BCUT2D eigenvalue weighted by Gasteiger charge is 2.36. The second kappa shape index (κ2) is 15.0. The van der Waals surface area contributed by atoms with Crippen molar-refractivity contribution in [3.63, 3.8) is 0 Å². The Bertz CT molecular complexity index is 1450. The normalized spacial score (nSPS) is 22.9. The highest BCUT2D eigenvalue weighted by molar-refractivity contribution is 7.99. The number of halogens is 3. The molecule has 1 aromatic carbocycles. The Morgan fingerprint density at radius 3 is 2.48 bits per heavy atom. The summed E-state index contributed by atoms with van der Waals surface area (Å²) in [5, 5.41) is 3.85. The topological polar surface area (TPSA) is 66.3 Å². The Labute approximate surface area is 262 Å². The molecule has 11 heteroatoms. The average Bonchev–Trinajstić information content (AvgIpc) is 3.05. The Morgan fingerprint density at radius 2 is 1.70 bits per heavy atom. The fourth-order valence-electron chi connectivity index (χ4n) is 6.52. The van der Waals surface area contributed by atoms with Crippen molar-refractivity contribution in [3.05, 3.63) is 57.9 Å². The Balaban J connectivity index is 0.00000188. The summed E-state index contributed by atoms with van der Waals surface area (Å²) in [7, 11) is 0. The Kier molecular flexibility index (Phi) is 11.1. The number of nitrogens with one attached hydrogen (secondary N) is 1. The van der Waals surface area contributed by atoms with Crippen LogP contribution in [0.3, 0.4) is 0 Å². The van der Waals surface area contributed by atoms with E-state index in [1.807, 2.05) is 31.7 Å². The molecule has 4 aliphatic heterocycles. The number of thioether (sulfide) groups is 1. The predicted molar refractivity (Wildman–Crippen MR) is 175 cm³/mol. The van der Waals surface area contributed by atoms with Crippen LogP contribution < -0.4 is 15.8 Å². The highest BCUT2D eigenvalue weighted by atomic mass is 32.2. The molecule has 0 atom stereocenters. The lowest BCUT2D eigenvalue weighted by Crippen LogP contribution is -2.38. The van der Waals surface area contributed by atoms with E-state index in [9.17, 15) is 4.79 Å². The summed E-state index contributed by atoms with van der Waals surface area (Å²) >= 11 is 1.87. The van der Waals surface area contributed by atoms with Gasteiger partial charge >= 0.3 is 0 Å².